The fourth-order valence-electron chi connectivity index (χ4n) is 2.22. The van der Waals surface area contributed by atoms with Crippen molar-refractivity contribution in [3.63, 3.8) is 0 Å². The van der Waals surface area contributed by atoms with Crippen molar-refractivity contribution in [1.29, 1.82) is 0 Å². The summed E-state index contributed by atoms with van der Waals surface area (Å²) in [6.07, 6.45) is 1.08. The number of nitrogens with two attached hydrogens (primary N) is 1. The molecular weight excluding hydrogens is 274 g/mol. The molecule has 0 heterocycles. The molecule has 0 amide bonds. The van der Waals surface area contributed by atoms with Gasteiger partial charge in [0.1, 0.15) is 5.60 Å². The molecule has 0 radical (unpaired) electrons. The molecule has 22 heavy (non-hydrogen) atoms. The fourth-order valence-corrected chi connectivity index (χ4v) is 2.22. The summed E-state index contributed by atoms with van der Waals surface area (Å²) in [4.78, 5) is 11.7. The number of benzene rings is 2. The number of rotatable bonds is 4. The van der Waals surface area contributed by atoms with E-state index in [0.717, 1.165) is 22.4 Å². The number of hydrogen-bond donors (Lipinski definition) is 1. The molecule has 0 spiro atoms. The van der Waals surface area contributed by atoms with E-state index in [9.17, 15) is 4.79 Å². The second kappa shape index (κ2) is 6.65. The lowest BCUT2D eigenvalue weighted by molar-refractivity contribution is -0.154. The van der Waals surface area contributed by atoms with Crippen LogP contribution >= 0.6 is 0 Å². The maximum absolute atomic E-state index is 11.7. The van der Waals surface area contributed by atoms with Crippen LogP contribution in [0.5, 0.6) is 0 Å². The highest BCUT2D eigenvalue weighted by molar-refractivity contribution is 5.70. The van der Waals surface area contributed by atoms with Crippen molar-refractivity contribution in [2.45, 2.75) is 39.2 Å². The minimum atomic E-state index is -0.422. The molecule has 0 unspecified atom stereocenters. The van der Waals surface area contributed by atoms with E-state index in [0.29, 0.717) is 12.8 Å². The Bertz CT molecular complexity index is 639. The van der Waals surface area contributed by atoms with Gasteiger partial charge in [0.05, 0.1) is 0 Å². The van der Waals surface area contributed by atoms with Crippen LogP contribution in [0.15, 0.2) is 48.5 Å². The number of carbonyl (C=O) groups excluding carboxylic acids is 1. The highest BCUT2D eigenvalue weighted by Crippen LogP contribution is 2.22. The first-order valence-corrected chi connectivity index (χ1v) is 7.50. The van der Waals surface area contributed by atoms with Gasteiger partial charge in [0.15, 0.2) is 0 Å². The van der Waals surface area contributed by atoms with Crippen molar-refractivity contribution < 1.29 is 9.53 Å². The van der Waals surface area contributed by atoms with Gasteiger partial charge in [-0.05, 0) is 56.0 Å². The van der Waals surface area contributed by atoms with Gasteiger partial charge in [-0.2, -0.15) is 0 Å². The average molecular weight is 297 g/mol. The molecule has 3 heteroatoms. The van der Waals surface area contributed by atoms with E-state index in [1.807, 2.05) is 57.2 Å². The summed E-state index contributed by atoms with van der Waals surface area (Å²) in [6, 6.07) is 16.0. The Morgan fingerprint density at radius 2 is 1.73 bits per heavy atom. The van der Waals surface area contributed by atoms with Crippen molar-refractivity contribution in [2.24, 2.45) is 0 Å². The van der Waals surface area contributed by atoms with Gasteiger partial charge in [-0.1, -0.05) is 36.4 Å². The number of ether oxygens (including phenoxy) is 1. The van der Waals surface area contributed by atoms with Gasteiger partial charge in [-0.3, -0.25) is 4.79 Å². The molecule has 0 aliphatic carbocycles. The molecule has 0 aliphatic heterocycles. The monoisotopic (exact) mass is 297 g/mol. The van der Waals surface area contributed by atoms with Gasteiger partial charge in [-0.25, -0.2) is 0 Å². The second-order valence-electron chi connectivity index (χ2n) is 6.41. The van der Waals surface area contributed by atoms with E-state index in [-0.39, 0.29) is 5.97 Å². The van der Waals surface area contributed by atoms with E-state index in [1.54, 1.807) is 0 Å². The van der Waals surface area contributed by atoms with Gasteiger partial charge in [0, 0.05) is 12.1 Å². The predicted octanol–water partition coefficient (Wildman–Crippen LogP) is 4.21. The van der Waals surface area contributed by atoms with Gasteiger partial charge >= 0.3 is 5.97 Å². The average Bonchev–Trinajstić information content (AvgIpc) is 2.44. The lowest BCUT2D eigenvalue weighted by Gasteiger charge is -2.19. The number of aryl methyl sites for hydroxylation is 1. The highest BCUT2D eigenvalue weighted by atomic mass is 16.6. The molecule has 3 nitrogen and oxygen atoms in total. The molecule has 0 saturated carbocycles. The van der Waals surface area contributed by atoms with Crippen molar-refractivity contribution in [3.05, 3.63) is 54.1 Å². The molecule has 2 rings (SSSR count). The third kappa shape index (κ3) is 4.92. The minimum Gasteiger partial charge on any atom is -0.460 e. The van der Waals surface area contributed by atoms with Crippen LogP contribution in [-0.2, 0) is 16.0 Å². The molecule has 116 valence electrons. The van der Waals surface area contributed by atoms with E-state index in [1.165, 1.54) is 0 Å². The maximum atomic E-state index is 11.7. The molecule has 0 fully saturated rings. The van der Waals surface area contributed by atoms with Crippen molar-refractivity contribution >= 4 is 11.7 Å². The van der Waals surface area contributed by atoms with Gasteiger partial charge in [-0.15, -0.1) is 0 Å². The Morgan fingerprint density at radius 3 is 2.32 bits per heavy atom. The number of carbonyl (C=O) groups is 1. The topological polar surface area (TPSA) is 52.3 Å². The normalized spacial score (nSPS) is 11.2. The summed E-state index contributed by atoms with van der Waals surface area (Å²) >= 11 is 0. The highest BCUT2D eigenvalue weighted by Gasteiger charge is 2.15. The van der Waals surface area contributed by atoms with Crippen molar-refractivity contribution in [1.82, 2.24) is 0 Å². The molecule has 2 aromatic carbocycles. The second-order valence-corrected chi connectivity index (χ2v) is 6.41. The Hall–Kier alpha value is -2.29. The summed E-state index contributed by atoms with van der Waals surface area (Å²) in [5, 5.41) is 0. The zero-order valence-corrected chi connectivity index (χ0v) is 13.4. The largest absolute Gasteiger partial charge is 0.460 e. The molecule has 2 N–H and O–H groups in total. The van der Waals surface area contributed by atoms with Crippen LogP contribution < -0.4 is 5.73 Å². The number of anilines is 1. The molecule has 0 saturated heterocycles. The maximum Gasteiger partial charge on any atom is 0.306 e. The Labute approximate surface area is 132 Å². The Morgan fingerprint density at radius 1 is 1.05 bits per heavy atom. The first-order valence-electron chi connectivity index (χ1n) is 7.50. The molecule has 0 aliphatic rings. The zero-order chi connectivity index (χ0) is 16.2. The standard InChI is InChI=1S/C19H23NO2/c1-19(2,3)22-18(21)12-9-14-7-10-15(11-8-14)16-5-4-6-17(20)13-16/h4-8,10-11,13H,9,12,20H2,1-3H3. The molecule has 0 bridgehead atoms. The predicted molar refractivity (Wildman–Crippen MR) is 90.5 cm³/mol. The first-order chi connectivity index (χ1) is 10.3. The fraction of sp³-hybridized carbons (Fsp3) is 0.316. The lowest BCUT2D eigenvalue weighted by Crippen LogP contribution is -2.23. The van der Waals surface area contributed by atoms with Crippen molar-refractivity contribution in [2.75, 3.05) is 5.73 Å². The zero-order valence-electron chi connectivity index (χ0n) is 13.4. The third-order valence-electron chi connectivity index (χ3n) is 3.21. The molecular formula is C19H23NO2. The number of hydrogen-bond acceptors (Lipinski definition) is 3. The summed E-state index contributed by atoms with van der Waals surface area (Å²) in [5.41, 5.74) is 9.48. The van der Waals surface area contributed by atoms with Crippen LogP contribution in [-0.4, -0.2) is 11.6 Å². The van der Waals surface area contributed by atoms with Gasteiger partial charge < -0.3 is 10.5 Å². The molecule has 0 aromatic heterocycles. The SMILES string of the molecule is CC(C)(C)OC(=O)CCc1ccc(-c2cccc(N)c2)cc1. The van der Waals surface area contributed by atoms with Gasteiger partial charge in [0.2, 0.25) is 0 Å². The van der Waals surface area contributed by atoms with Gasteiger partial charge in [0.25, 0.3) is 0 Å². The summed E-state index contributed by atoms with van der Waals surface area (Å²) in [7, 11) is 0. The Kier molecular flexibility index (Phi) is 4.86. The third-order valence-corrected chi connectivity index (χ3v) is 3.21. The van der Waals surface area contributed by atoms with E-state index in [4.69, 9.17) is 10.5 Å². The van der Waals surface area contributed by atoms with Crippen LogP contribution in [0.25, 0.3) is 11.1 Å². The number of nitrogen functional groups attached to an aromatic ring is 1. The van der Waals surface area contributed by atoms with E-state index >= 15 is 0 Å². The molecule has 2 aromatic rings. The first kappa shape index (κ1) is 16.1. The van der Waals surface area contributed by atoms with E-state index in [2.05, 4.69) is 12.1 Å². The van der Waals surface area contributed by atoms with Crippen molar-refractivity contribution in [3.8, 4) is 11.1 Å². The Balaban J connectivity index is 1.96. The van der Waals surface area contributed by atoms with Crippen LogP contribution in [0.4, 0.5) is 5.69 Å². The van der Waals surface area contributed by atoms with Crippen LogP contribution in [0.3, 0.4) is 0 Å². The quantitative estimate of drug-likeness (QED) is 0.679. The van der Waals surface area contributed by atoms with Crippen LogP contribution in [0.1, 0.15) is 32.8 Å². The summed E-state index contributed by atoms with van der Waals surface area (Å²) in [5.74, 6) is -0.160. The van der Waals surface area contributed by atoms with E-state index < -0.39 is 5.60 Å². The summed E-state index contributed by atoms with van der Waals surface area (Å²) < 4.78 is 5.31. The molecule has 0 atom stereocenters. The summed E-state index contributed by atoms with van der Waals surface area (Å²) in [6.45, 7) is 5.64. The minimum absolute atomic E-state index is 0.160. The lowest BCUT2D eigenvalue weighted by atomic mass is 10.0. The smallest absolute Gasteiger partial charge is 0.306 e. The van der Waals surface area contributed by atoms with Crippen LogP contribution in [0.2, 0.25) is 0 Å². The van der Waals surface area contributed by atoms with Crippen LogP contribution in [0, 0.1) is 0 Å². The number of esters is 1.